The molecule has 3 heteroatoms. The molecule has 0 unspecified atom stereocenters. The Kier molecular flexibility index (Phi) is 4.49. The molecule has 0 amide bonds. The number of hydrogen-bond donors (Lipinski definition) is 1. The molecular weight excluding hydrogens is 248 g/mol. The van der Waals surface area contributed by atoms with Crippen molar-refractivity contribution in [2.45, 2.75) is 38.1 Å². The maximum absolute atomic E-state index is 5.80. The number of ether oxygens (including phenoxy) is 1. The molecule has 0 aliphatic heterocycles. The Balaban J connectivity index is 1.47. The largest absolute Gasteiger partial charge is 0.492 e. The van der Waals surface area contributed by atoms with E-state index in [-0.39, 0.29) is 0 Å². The Morgan fingerprint density at radius 3 is 2.95 bits per heavy atom. The van der Waals surface area contributed by atoms with Crippen LogP contribution in [0.25, 0.3) is 10.9 Å². The number of aromatic nitrogens is 1. The lowest BCUT2D eigenvalue weighted by molar-refractivity contribution is 0.289. The van der Waals surface area contributed by atoms with Gasteiger partial charge in [-0.25, -0.2) is 0 Å². The van der Waals surface area contributed by atoms with Crippen LogP contribution in [0.1, 0.15) is 32.1 Å². The summed E-state index contributed by atoms with van der Waals surface area (Å²) in [5.41, 5.74) is 0.991. The van der Waals surface area contributed by atoms with Gasteiger partial charge in [-0.2, -0.15) is 0 Å². The summed E-state index contributed by atoms with van der Waals surface area (Å²) in [6.45, 7) is 1.64. The first kappa shape index (κ1) is 13.4. The molecule has 1 saturated carbocycles. The second kappa shape index (κ2) is 6.71. The molecule has 0 spiro atoms. The highest BCUT2D eigenvalue weighted by atomic mass is 16.5. The Hall–Kier alpha value is -1.61. The maximum atomic E-state index is 5.80. The lowest BCUT2D eigenvalue weighted by atomic mass is 9.96. The zero-order chi connectivity index (χ0) is 13.6. The third-order valence-electron chi connectivity index (χ3n) is 3.99. The molecule has 1 aromatic carbocycles. The van der Waals surface area contributed by atoms with Gasteiger partial charge in [0.15, 0.2) is 0 Å². The van der Waals surface area contributed by atoms with Crippen molar-refractivity contribution in [3.63, 3.8) is 0 Å². The van der Waals surface area contributed by atoms with Crippen LogP contribution in [0, 0.1) is 0 Å². The van der Waals surface area contributed by atoms with Crippen molar-refractivity contribution in [1.82, 2.24) is 10.3 Å². The van der Waals surface area contributed by atoms with Gasteiger partial charge in [0.1, 0.15) is 12.4 Å². The van der Waals surface area contributed by atoms with Crippen molar-refractivity contribution in [2.24, 2.45) is 0 Å². The molecule has 3 rings (SSSR count). The van der Waals surface area contributed by atoms with E-state index in [0.717, 1.165) is 29.8 Å². The Bertz CT molecular complexity index is 549. The van der Waals surface area contributed by atoms with Crippen LogP contribution in [0.5, 0.6) is 5.75 Å². The molecule has 106 valence electrons. The molecule has 0 radical (unpaired) electrons. The third-order valence-corrected chi connectivity index (χ3v) is 3.99. The van der Waals surface area contributed by atoms with Crippen LogP contribution in [0.3, 0.4) is 0 Å². The summed E-state index contributed by atoms with van der Waals surface area (Å²) in [5, 5.41) is 4.74. The van der Waals surface area contributed by atoms with Gasteiger partial charge in [0.25, 0.3) is 0 Å². The monoisotopic (exact) mass is 270 g/mol. The fraction of sp³-hybridized carbons (Fsp3) is 0.471. The Morgan fingerprint density at radius 1 is 1.15 bits per heavy atom. The van der Waals surface area contributed by atoms with E-state index in [1.807, 2.05) is 24.4 Å². The van der Waals surface area contributed by atoms with Crippen molar-refractivity contribution in [3.05, 3.63) is 36.5 Å². The molecule has 0 saturated heterocycles. The highest BCUT2D eigenvalue weighted by Gasteiger charge is 2.11. The van der Waals surface area contributed by atoms with Crippen LogP contribution >= 0.6 is 0 Å². The molecular formula is C17H22N2O. The van der Waals surface area contributed by atoms with Gasteiger partial charge in [0.05, 0.1) is 5.52 Å². The van der Waals surface area contributed by atoms with Crippen molar-refractivity contribution in [3.8, 4) is 5.75 Å². The number of benzene rings is 1. The second-order valence-corrected chi connectivity index (χ2v) is 5.50. The molecule has 20 heavy (non-hydrogen) atoms. The van der Waals surface area contributed by atoms with Crippen molar-refractivity contribution >= 4 is 10.9 Å². The zero-order valence-electron chi connectivity index (χ0n) is 11.8. The summed E-state index contributed by atoms with van der Waals surface area (Å²) in [6, 6.07) is 10.8. The predicted molar refractivity (Wildman–Crippen MR) is 82.1 cm³/mol. The van der Waals surface area contributed by atoms with E-state index in [0.29, 0.717) is 6.04 Å². The van der Waals surface area contributed by atoms with Crippen LogP contribution in [0.4, 0.5) is 0 Å². The van der Waals surface area contributed by atoms with Gasteiger partial charge in [-0.05, 0) is 31.0 Å². The minimum absolute atomic E-state index is 0.700. The van der Waals surface area contributed by atoms with Crippen molar-refractivity contribution in [1.29, 1.82) is 0 Å². The molecule has 1 aromatic heterocycles. The van der Waals surface area contributed by atoms with Gasteiger partial charge in [-0.3, -0.25) is 4.98 Å². The number of nitrogens with zero attached hydrogens (tertiary/aromatic N) is 1. The van der Waals surface area contributed by atoms with Crippen LogP contribution in [-0.4, -0.2) is 24.2 Å². The van der Waals surface area contributed by atoms with Crippen molar-refractivity contribution < 1.29 is 4.74 Å². The summed E-state index contributed by atoms with van der Waals surface area (Å²) >= 11 is 0. The smallest absolute Gasteiger partial charge is 0.121 e. The van der Waals surface area contributed by atoms with E-state index in [1.165, 1.54) is 32.1 Å². The van der Waals surface area contributed by atoms with E-state index in [2.05, 4.69) is 22.4 Å². The average molecular weight is 270 g/mol. The van der Waals surface area contributed by atoms with E-state index in [1.54, 1.807) is 0 Å². The maximum Gasteiger partial charge on any atom is 0.121 e. The fourth-order valence-electron chi connectivity index (χ4n) is 2.87. The van der Waals surface area contributed by atoms with Gasteiger partial charge >= 0.3 is 0 Å². The molecule has 3 nitrogen and oxygen atoms in total. The first-order valence-electron chi connectivity index (χ1n) is 7.63. The number of nitrogens with one attached hydrogen (secondary N) is 1. The topological polar surface area (TPSA) is 34.1 Å². The van der Waals surface area contributed by atoms with E-state index >= 15 is 0 Å². The van der Waals surface area contributed by atoms with Crippen LogP contribution in [0.2, 0.25) is 0 Å². The molecule has 1 fully saturated rings. The van der Waals surface area contributed by atoms with Gasteiger partial charge in [-0.15, -0.1) is 0 Å². The lowest BCUT2D eigenvalue weighted by Crippen LogP contribution is -2.34. The molecule has 0 bridgehead atoms. The van der Waals surface area contributed by atoms with Gasteiger partial charge in [0.2, 0.25) is 0 Å². The number of fused-ring (bicyclic) bond motifs is 1. The van der Waals surface area contributed by atoms with Gasteiger partial charge in [-0.1, -0.05) is 25.3 Å². The second-order valence-electron chi connectivity index (χ2n) is 5.50. The number of rotatable bonds is 5. The molecule has 1 N–H and O–H groups in total. The quantitative estimate of drug-likeness (QED) is 0.844. The standard InChI is InChI=1S/C17H22N2O/c1-2-6-15(7-3-1)18-11-12-20-16-9-8-14-5-4-10-19-17(14)13-16/h4-5,8-10,13,15,18H,1-3,6-7,11-12H2. The first-order chi connectivity index (χ1) is 9.92. The average Bonchev–Trinajstić information content (AvgIpc) is 2.52. The van der Waals surface area contributed by atoms with Crippen LogP contribution in [0.15, 0.2) is 36.5 Å². The summed E-state index contributed by atoms with van der Waals surface area (Å²) in [7, 11) is 0. The summed E-state index contributed by atoms with van der Waals surface area (Å²) in [5.74, 6) is 0.904. The Morgan fingerprint density at radius 2 is 2.05 bits per heavy atom. The van der Waals surface area contributed by atoms with Crippen molar-refractivity contribution in [2.75, 3.05) is 13.2 Å². The zero-order valence-corrected chi connectivity index (χ0v) is 11.8. The third kappa shape index (κ3) is 3.48. The summed E-state index contributed by atoms with van der Waals surface area (Å²) in [6.07, 6.45) is 8.60. The van der Waals surface area contributed by atoms with Gasteiger partial charge < -0.3 is 10.1 Å². The SMILES string of the molecule is c1cnc2cc(OCCNC3CCCCC3)ccc2c1. The number of hydrogen-bond acceptors (Lipinski definition) is 3. The minimum Gasteiger partial charge on any atom is -0.492 e. The molecule has 1 heterocycles. The summed E-state index contributed by atoms with van der Waals surface area (Å²) in [4.78, 5) is 4.35. The molecule has 1 aliphatic carbocycles. The predicted octanol–water partition coefficient (Wildman–Crippen LogP) is 3.54. The fourth-order valence-corrected chi connectivity index (χ4v) is 2.87. The highest BCUT2D eigenvalue weighted by Crippen LogP contribution is 2.19. The van der Waals surface area contributed by atoms with Gasteiger partial charge in [0, 0.05) is 30.2 Å². The lowest BCUT2D eigenvalue weighted by Gasteiger charge is -2.22. The normalized spacial score (nSPS) is 16.4. The summed E-state index contributed by atoms with van der Waals surface area (Å²) < 4.78 is 5.80. The molecule has 0 atom stereocenters. The number of pyridine rings is 1. The molecule has 2 aromatic rings. The van der Waals surface area contributed by atoms with Crippen LogP contribution in [-0.2, 0) is 0 Å². The van der Waals surface area contributed by atoms with E-state index < -0.39 is 0 Å². The highest BCUT2D eigenvalue weighted by molar-refractivity contribution is 5.79. The first-order valence-corrected chi connectivity index (χ1v) is 7.63. The van der Waals surface area contributed by atoms with E-state index in [4.69, 9.17) is 4.74 Å². The Labute approximate surface area is 120 Å². The van der Waals surface area contributed by atoms with E-state index in [9.17, 15) is 0 Å². The van der Waals surface area contributed by atoms with Crippen LogP contribution < -0.4 is 10.1 Å². The molecule has 1 aliphatic rings. The minimum atomic E-state index is 0.700.